The van der Waals surface area contributed by atoms with Crippen molar-refractivity contribution in [1.82, 2.24) is 20.4 Å². The van der Waals surface area contributed by atoms with Crippen LogP contribution in [-0.2, 0) is 0 Å². The standard InChI is InChI=1S/C11H26N4/c1-11-10-12-4-6-14(2)8-9-15(3)7-5-13-11/h11-13H,4-10H2,1-3H3. The molecule has 1 aliphatic rings. The highest BCUT2D eigenvalue weighted by atomic mass is 15.2. The molecule has 1 saturated heterocycles. The number of nitrogens with one attached hydrogen (secondary N) is 2. The lowest BCUT2D eigenvalue weighted by molar-refractivity contribution is 0.248. The Hall–Kier alpha value is -0.160. The van der Waals surface area contributed by atoms with E-state index in [2.05, 4.69) is 41.5 Å². The van der Waals surface area contributed by atoms with Gasteiger partial charge in [0.05, 0.1) is 0 Å². The molecule has 4 heteroatoms. The molecule has 1 aliphatic heterocycles. The summed E-state index contributed by atoms with van der Waals surface area (Å²) in [6.07, 6.45) is 0. The first-order chi connectivity index (χ1) is 7.18. The molecule has 0 aromatic heterocycles. The quantitative estimate of drug-likeness (QED) is 0.565. The molecule has 90 valence electrons. The number of nitrogens with zero attached hydrogens (tertiary/aromatic N) is 2. The summed E-state index contributed by atoms with van der Waals surface area (Å²) >= 11 is 0. The van der Waals surface area contributed by atoms with Gasteiger partial charge in [0.1, 0.15) is 0 Å². The van der Waals surface area contributed by atoms with Gasteiger partial charge in [-0.05, 0) is 21.0 Å². The van der Waals surface area contributed by atoms with Gasteiger partial charge in [-0.2, -0.15) is 0 Å². The average molecular weight is 214 g/mol. The molecule has 0 aromatic carbocycles. The number of rotatable bonds is 0. The van der Waals surface area contributed by atoms with E-state index in [0.717, 1.165) is 45.8 Å². The first-order valence-corrected chi connectivity index (χ1v) is 5.99. The summed E-state index contributed by atoms with van der Waals surface area (Å²) in [5.74, 6) is 0. The third kappa shape index (κ3) is 6.10. The van der Waals surface area contributed by atoms with Crippen LogP contribution in [0.3, 0.4) is 0 Å². The maximum absolute atomic E-state index is 3.52. The van der Waals surface area contributed by atoms with E-state index in [0.29, 0.717) is 6.04 Å². The van der Waals surface area contributed by atoms with Crippen molar-refractivity contribution in [2.24, 2.45) is 0 Å². The molecular formula is C11H26N4. The second-order valence-corrected chi connectivity index (χ2v) is 4.67. The fraction of sp³-hybridized carbons (Fsp3) is 1.00. The highest BCUT2D eigenvalue weighted by Gasteiger charge is 2.06. The summed E-state index contributed by atoms with van der Waals surface area (Å²) in [6.45, 7) is 10.1. The SMILES string of the molecule is CC1CNCCN(C)CCN(C)CCN1. The first kappa shape index (κ1) is 12.9. The van der Waals surface area contributed by atoms with Gasteiger partial charge in [-0.25, -0.2) is 0 Å². The zero-order valence-electron chi connectivity index (χ0n) is 10.4. The average Bonchev–Trinajstić information content (AvgIpc) is 2.20. The van der Waals surface area contributed by atoms with Crippen LogP contribution in [0.1, 0.15) is 6.92 Å². The Balaban J connectivity index is 2.30. The molecule has 1 heterocycles. The molecule has 0 amide bonds. The van der Waals surface area contributed by atoms with Gasteiger partial charge in [0.25, 0.3) is 0 Å². The Bertz CT molecular complexity index is 163. The predicted octanol–water partition coefficient (Wildman–Crippen LogP) is -0.569. The van der Waals surface area contributed by atoms with Crippen molar-refractivity contribution < 1.29 is 0 Å². The van der Waals surface area contributed by atoms with Crippen molar-refractivity contribution in [2.75, 3.05) is 59.9 Å². The number of likely N-dealkylation sites (N-methyl/N-ethyl adjacent to an activating group) is 2. The highest BCUT2D eigenvalue weighted by molar-refractivity contribution is 4.68. The number of hydrogen-bond donors (Lipinski definition) is 2. The zero-order valence-corrected chi connectivity index (χ0v) is 10.4. The third-order valence-electron chi connectivity index (χ3n) is 2.97. The van der Waals surface area contributed by atoms with E-state index < -0.39 is 0 Å². The molecule has 15 heavy (non-hydrogen) atoms. The maximum Gasteiger partial charge on any atom is 0.0164 e. The smallest absolute Gasteiger partial charge is 0.0164 e. The summed E-state index contributed by atoms with van der Waals surface area (Å²) in [7, 11) is 4.40. The molecule has 0 bridgehead atoms. The fourth-order valence-electron chi connectivity index (χ4n) is 1.73. The van der Waals surface area contributed by atoms with Gasteiger partial charge in [0.2, 0.25) is 0 Å². The predicted molar refractivity (Wildman–Crippen MR) is 65.3 cm³/mol. The molecule has 0 aromatic rings. The van der Waals surface area contributed by atoms with E-state index in [9.17, 15) is 0 Å². The van der Waals surface area contributed by atoms with E-state index >= 15 is 0 Å². The zero-order chi connectivity index (χ0) is 11.1. The Labute approximate surface area is 94.0 Å². The van der Waals surface area contributed by atoms with Gasteiger partial charge in [-0.15, -0.1) is 0 Å². The monoisotopic (exact) mass is 214 g/mol. The van der Waals surface area contributed by atoms with Crippen LogP contribution in [0.15, 0.2) is 0 Å². The molecule has 1 unspecified atom stereocenters. The van der Waals surface area contributed by atoms with E-state index in [-0.39, 0.29) is 0 Å². The summed E-state index contributed by atoms with van der Waals surface area (Å²) < 4.78 is 0. The van der Waals surface area contributed by atoms with Crippen LogP contribution in [0.4, 0.5) is 0 Å². The molecule has 0 spiro atoms. The van der Waals surface area contributed by atoms with Gasteiger partial charge in [0.15, 0.2) is 0 Å². The second-order valence-electron chi connectivity index (χ2n) is 4.67. The second kappa shape index (κ2) is 7.17. The van der Waals surface area contributed by atoms with Crippen LogP contribution in [0.5, 0.6) is 0 Å². The Morgan fingerprint density at radius 2 is 1.53 bits per heavy atom. The summed E-state index contributed by atoms with van der Waals surface area (Å²) in [4.78, 5) is 4.79. The van der Waals surface area contributed by atoms with Crippen LogP contribution in [0.25, 0.3) is 0 Å². The minimum atomic E-state index is 0.572. The molecule has 0 radical (unpaired) electrons. The van der Waals surface area contributed by atoms with Gasteiger partial charge < -0.3 is 20.4 Å². The lowest BCUT2D eigenvalue weighted by atomic mass is 10.3. The van der Waals surface area contributed by atoms with E-state index in [1.54, 1.807) is 0 Å². The molecule has 2 N–H and O–H groups in total. The van der Waals surface area contributed by atoms with Gasteiger partial charge in [-0.1, -0.05) is 0 Å². The van der Waals surface area contributed by atoms with Crippen molar-refractivity contribution >= 4 is 0 Å². The van der Waals surface area contributed by atoms with E-state index in [1.807, 2.05) is 0 Å². The van der Waals surface area contributed by atoms with Crippen LogP contribution < -0.4 is 10.6 Å². The fourth-order valence-corrected chi connectivity index (χ4v) is 1.73. The van der Waals surface area contributed by atoms with Crippen molar-refractivity contribution in [3.63, 3.8) is 0 Å². The van der Waals surface area contributed by atoms with Gasteiger partial charge in [-0.3, -0.25) is 0 Å². The molecule has 1 atom stereocenters. The van der Waals surface area contributed by atoms with Crippen molar-refractivity contribution in [1.29, 1.82) is 0 Å². The largest absolute Gasteiger partial charge is 0.314 e. The topological polar surface area (TPSA) is 30.5 Å². The Morgan fingerprint density at radius 3 is 2.20 bits per heavy atom. The summed E-state index contributed by atoms with van der Waals surface area (Å²) in [6, 6.07) is 0.572. The molecule has 1 fully saturated rings. The minimum absolute atomic E-state index is 0.572. The highest BCUT2D eigenvalue weighted by Crippen LogP contribution is 1.88. The van der Waals surface area contributed by atoms with Gasteiger partial charge >= 0.3 is 0 Å². The summed E-state index contributed by atoms with van der Waals surface area (Å²) in [5.41, 5.74) is 0. The van der Waals surface area contributed by atoms with Crippen LogP contribution in [-0.4, -0.2) is 75.8 Å². The lowest BCUT2D eigenvalue weighted by Crippen LogP contribution is -2.44. The number of hydrogen-bond acceptors (Lipinski definition) is 4. The first-order valence-electron chi connectivity index (χ1n) is 5.99. The van der Waals surface area contributed by atoms with E-state index in [4.69, 9.17) is 0 Å². The van der Waals surface area contributed by atoms with Crippen LogP contribution in [0, 0.1) is 0 Å². The normalized spacial score (nSPS) is 29.4. The Kier molecular flexibility index (Phi) is 6.17. The molecular weight excluding hydrogens is 188 g/mol. The molecule has 0 aliphatic carbocycles. The van der Waals surface area contributed by atoms with Gasteiger partial charge in [0, 0.05) is 51.9 Å². The maximum atomic E-state index is 3.52. The third-order valence-corrected chi connectivity index (χ3v) is 2.97. The van der Waals surface area contributed by atoms with Crippen LogP contribution >= 0.6 is 0 Å². The van der Waals surface area contributed by atoms with E-state index in [1.165, 1.54) is 0 Å². The van der Waals surface area contributed by atoms with Crippen molar-refractivity contribution in [3.8, 4) is 0 Å². The van der Waals surface area contributed by atoms with Crippen molar-refractivity contribution in [3.05, 3.63) is 0 Å². The molecule has 1 rings (SSSR count). The molecule has 0 saturated carbocycles. The minimum Gasteiger partial charge on any atom is -0.314 e. The Morgan fingerprint density at radius 1 is 0.933 bits per heavy atom. The molecule has 4 nitrogen and oxygen atoms in total. The van der Waals surface area contributed by atoms with Crippen LogP contribution in [0.2, 0.25) is 0 Å². The summed E-state index contributed by atoms with van der Waals surface area (Å²) in [5, 5.41) is 7.00. The van der Waals surface area contributed by atoms with Crippen molar-refractivity contribution in [2.45, 2.75) is 13.0 Å². The lowest BCUT2D eigenvalue weighted by Gasteiger charge is -2.25.